The zero-order valence-electron chi connectivity index (χ0n) is 11.8. The molecule has 0 aliphatic rings. The van der Waals surface area contributed by atoms with Crippen LogP contribution in [0.5, 0.6) is 5.75 Å². The second-order valence-corrected chi connectivity index (χ2v) is 5.41. The maximum Gasteiger partial charge on any atom is 0.119 e. The number of benzene rings is 1. The Morgan fingerprint density at radius 2 is 2.11 bits per heavy atom. The van der Waals surface area contributed by atoms with Crippen LogP contribution in [0.2, 0.25) is 0 Å². The lowest BCUT2D eigenvalue weighted by Crippen LogP contribution is -2.30. The molecule has 0 radical (unpaired) electrons. The first-order valence-electron chi connectivity index (χ1n) is 6.63. The van der Waals surface area contributed by atoms with Gasteiger partial charge in [-0.15, -0.1) is 0 Å². The molecule has 0 aliphatic carbocycles. The number of aliphatic hydroxyl groups excluding tert-OH is 1. The van der Waals surface area contributed by atoms with Crippen LogP contribution in [0.1, 0.15) is 38.7 Å². The molecule has 1 aromatic rings. The first-order valence-corrected chi connectivity index (χ1v) is 6.63. The van der Waals surface area contributed by atoms with E-state index in [1.165, 1.54) is 0 Å². The van der Waals surface area contributed by atoms with Crippen LogP contribution in [-0.2, 0) is 6.61 Å². The highest BCUT2D eigenvalue weighted by Crippen LogP contribution is 2.22. The Morgan fingerprint density at radius 1 is 1.37 bits per heavy atom. The van der Waals surface area contributed by atoms with Gasteiger partial charge in [0.15, 0.2) is 0 Å². The number of nitrogens with two attached hydrogens (primary N) is 1. The highest BCUT2D eigenvalue weighted by atomic mass is 16.5. The minimum atomic E-state index is -0.225. The summed E-state index contributed by atoms with van der Waals surface area (Å²) >= 11 is 0. The minimum Gasteiger partial charge on any atom is -0.494 e. The van der Waals surface area contributed by atoms with Gasteiger partial charge in [0.1, 0.15) is 5.75 Å². The third-order valence-electron chi connectivity index (χ3n) is 3.27. The predicted molar refractivity (Wildman–Crippen MR) is 77.4 cm³/mol. The fourth-order valence-corrected chi connectivity index (χ4v) is 1.73. The van der Waals surface area contributed by atoms with E-state index in [-0.39, 0.29) is 17.9 Å². The van der Waals surface area contributed by atoms with Gasteiger partial charge in [0, 0.05) is 5.41 Å². The van der Waals surface area contributed by atoms with Crippen LogP contribution in [-0.4, -0.2) is 17.5 Å². The second kappa shape index (κ2) is 7.14. The van der Waals surface area contributed by atoms with Crippen molar-refractivity contribution in [3.8, 4) is 5.75 Å². The monoisotopic (exact) mass is 264 g/mol. The maximum absolute atomic E-state index is 9.03. The molecular weight excluding hydrogens is 240 g/mol. The Bertz CT molecular complexity index is 416. The number of nitrogens with one attached hydrogen (secondary N) is 1. The van der Waals surface area contributed by atoms with Crippen LogP contribution in [0, 0.1) is 10.8 Å². The summed E-state index contributed by atoms with van der Waals surface area (Å²) in [6.07, 6.45) is 2.80. The molecule has 4 heteroatoms. The van der Waals surface area contributed by atoms with E-state index in [1.54, 1.807) is 0 Å². The first kappa shape index (κ1) is 15.5. The molecule has 0 amide bonds. The number of aliphatic hydroxyl groups is 1. The SMILES string of the molecule is CC(C)(CCCCOc1cccc(CO)c1)C(=N)N. The summed E-state index contributed by atoms with van der Waals surface area (Å²) in [6, 6.07) is 7.47. The molecule has 0 aromatic heterocycles. The Hall–Kier alpha value is -1.55. The van der Waals surface area contributed by atoms with E-state index in [1.807, 2.05) is 38.1 Å². The van der Waals surface area contributed by atoms with Gasteiger partial charge in [-0.25, -0.2) is 0 Å². The Kier molecular flexibility index (Phi) is 5.83. The Balaban J connectivity index is 2.26. The van der Waals surface area contributed by atoms with Crippen LogP contribution < -0.4 is 10.5 Å². The molecule has 4 N–H and O–H groups in total. The van der Waals surface area contributed by atoms with Crippen molar-refractivity contribution in [3.63, 3.8) is 0 Å². The molecule has 0 atom stereocenters. The number of unbranched alkanes of at least 4 members (excludes halogenated alkanes) is 1. The van der Waals surface area contributed by atoms with E-state index >= 15 is 0 Å². The molecule has 0 saturated carbocycles. The normalized spacial score (nSPS) is 11.3. The van der Waals surface area contributed by atoms with E-state index in [4.69, 9.17) is 21.0 Å². The third kappa shape index (κ3) is 5.30. The van der Waals surface area contributed by atoms with Crippen LogP contribution in [0.15, 0.2) is 24.3 Å². The highest BCUT2D eigenvalue weighted by Gasteiger charge is 2.20. The second-order valence-electron chi connectivity index (χ2n) is 5.41. The quantitative estimate of drug-likeness (QED) is 0.384. The summed E-state index contributed by atoms with van der Waals surface area (Å²) < 4.78 is 5.63. The van der Waals surface area contributed by atoms with E-state index < -0.39 is 0 Å². The van der Waals surface area contributed by atoms with Gasteiger partial charge in [0.2, 0.25) is 0 Å². The van der Waals surface area contributed by atoms with Crippen molar-refractivity contribution in [2.24, 2.45) is 11.1 Å². The Labute approximate surface area is 115 Å². The van der Waals surface area contributed by atoms with Gasteiger partial charge in [-0.2, -0.15) is 0 Å². The maximum atomic E-state index is 9.03. The van der Waals surface area contributed by atoms with Gasteiger partial charge < -0.3 is 15.6 Å². The summed E-state index contributed by atoms with van der Waals surface area (Å²) in [6.45, 7) is 4.65. The van der Waals surface area contributed by atoms with Crippen molar-refractivity contribution in [1.29, 1.82) is 5.41 Å². The molecule has 0 spiro atoms. The lowest BCUT2D eigenvalue weighted by molar-refractivity contribution is 0.277. The average molecular weight is 264 g/mol. The standard InChI is InChI=1S/C15H24N2O2/c1-15(2,14(16)17)8-3-4-9-19-13-7-5-6-12(10-13)11-18/h5-7,10,18H,3-4,8-9,11H2,1-2H3,(H3,16,17). The largest absolute Gasteiger partial charge is 0.494 e. The molecule has 1 aromatic carbocycles. The summed E-state index contributed by atoms with van der Waals surface area (Å²) in [5, 5.41) is 16.5. The van der Waals surface area contributed by atoms with Gasteiger partial charge in [0.25, 0.3) is 0 Å². The van der Waals surface area contributed by atoms with Crippen molar-refractivity contribution >= 4 is 5.84 Å². The lowest BCUT2D eigenvalue weighted by atomic mass is 9.86. The van der Waals surface area contributed by atoms with Gasteiger partial charge >= 0.3 is 0 Å². The predicted octanol–water partition coefficient (Wildman–Crippen LogP) is 2.69. The summed E-state index contributed by atoms with van der Waals surface area (Å²) in [4.78, 5) is 0. The molecule has 106 valence electrons. The molecule has 0 fully saturated rings. The topological polar surface area (TPSA) is 79.3 Å². The van der Waals surface area contributed by atoms with Gasteiger partial charge in [-0.1, -0.05) is 26.0 Å². The summed E-state index contributed by atoms with van der Waals surface area (Å²) in [7, 11) is 0. The zero-order chi connectivity index (χ0) is 14.3. The average Bonchev–Trinajstić information content (AvgIpc) is 2.38. The van der Waals surface area contributed by atoms with E-state index in [0.29, 0.717) is 6.61 Å². The van der Waals surface area contributed by atoms with Crippen LogP contribution in [0.3, 0.4) is 0 Å². The van der Waals surface area contributed by atoms with Gasteiger partial charge in [-0.05, 0) is 37.0 Å². The van der Waals surface area contributed by atoms with E-state index in [2.05, 4.69) is 0 Å². The van der Waals surface area contributed by atoms with Crippen molar-refractivity contribution in [2.45, 2.75) is 39.7 Å². The molecule has 0 saturated heterocycles. The van der Waals surface area contributed by atoms with Crippen molar-refractivity contribution in [1.82, 2.24) is 0 Å². The number of hydrogen-bond donors (Lipinski definition) is 3. The lowest BCUT2D eigenvalue weighted by Gasteiger charge is -2.22. The summed E-state index contributed by atoms with van der Waals surface area (Å²) in [5.41, 5.74) is 6.17. The van der Waals surface area contributed by atoms with E-state index in [0.717, 1.165) is 30.6 Å². The molecule has 0 bridgehead atoms. The van der Waals surface area contributed by atoms with Crippen molar-refractivity contribution < 1.29 is 9.84 Å². The van der Waals surface area contributed by atoms with Gasteiger partial charge in [-0.3, -0.25) is 5.41 Å². The smallest absolute Gasteiger partial charge is 0.119 e. The summed E-state index contributed by atoms with van der Waals surface area (Å²) in [5.74, 6) is 1.03. The molecular formula is C15H24N2O2. The van der Waals surface area contributed by atoms with E-state index in [9.17, 15) is 0 Å². The molecule has 0 unspecified atom stereocenters. The molecule has 0 aliphatic heterocycles. The molecule has 4 nitrogen and oxygen atoms in total. The zero-order valence-corrected chi connectivity index (χ0v) is 11.8. The number of rotatable bonds is 8. The van der Waals surface area contributed by atoms with Crippen LogP contribution in [0.25, 0.3) is 0 Å². The number of hydrogen-bond acceptors (Lipinski definition) is 3. The minimum absolute atomic E-state index is 0.0317. The molecule has 1 rings (SSSR count). The van der Waals surface area contributed by atoms with Crippen molar-refractivity contribution in [3.05, 3.63) is 29.8 Å². The number of amidine groups is 1. The van der Waals surface area contributed by atoms with Crippen LogP contribution >= 0.6 is 0 Å². The third-order valence-corrected chi connectivity index (χ3v) is 3.27. The fourth-order valence-electron chi connectivity index (χ4n) is 1.73. The first-order chi connectivity index (χ1) is 8.95. The fraction of sp³-hybridized carbons (Fsp3) is 0.533. The van der Waals surface area contributed by atoms with Crippen LogP contribution in [0.4, 0.5) is 0 Å². The Morgan fingerprint density at radius 3 is 2.74 bits per heavy atom. The highest BCUT2D eigenvalue weighted by molar-refractivity contribution is 5.82. The number of ether oxygens (including phenoxy) is 1. The van der Waals surface area contributed by atoms with Crippen molar-refractivity contribution in [2.75, 3.05) is 6.61 Å². The van der Waals surface area contributed by atoms with Gasteiger partial charge in [0.05, 0.1) is 19.0 Å². The molecule has 0 heterocycles. The molecule has 19 heavy (non-hydrogen) atoms.